The Kier molecular flexibility index (Phi) is 4.26. The number of halogens is 1. The average molecular weight is 309 g/mol. The van der Waals surface area contributed by atoms with Gasteiger partial charge in [-0.05, 0) is 60.8 Å². The van der Waals surface area contributed by atoms with Crippen molar-refractivity contribution in [3.8, 4) is 6.07 Å². The fraction of sp³-hybridized carbons (Fsp3) is 0.500. The van der Waals surface area contributed by atoms with Gasteiger partial charge in [0.1, 0.15) is 0 Å². The molecule has 0 aromatic heterocycles. The second kappa shape index (κ2) is 5.73. The Morgan fingerprint density at radius 1 is 1.33 bits per heavy atom. The van der Waals surface area contributed by atoms with Crippen LogP contribution in [0.3, 0.4) is 0 Å². The third kappa shape index (κ3) is 3.24. The van der Waals surface area contributed by atoms with Crippen LogP contribution in [0.15, 0.2) is 22.7 Å². The standard InChI is InChI=1S/C14H17BrN2O/c1-9-5-12(6-10(2)18-9)17-14-4-3-11(8-16)7-13(14)15/h3-4,7,9-10,12,17H,5-6H2,1-2H3. The topological polar surface area (TPSA) is 45.0 Å². The predicted molar refractivity (Wildman–Crippen MR) is 75.5 cm³/mol. The molecule has 1 saturated heterocycles. The van der Waals surface area contributed by atoms with Crippen LogP contribution in [0.2, 0.25) is 0 Å². The maximum absolute atomic E-state index is 8.84. The van der Waals surface area contributed by atoms with Crippen molar-refractivity contribution < 1.29 is 4.74 Å². The summed E-state index contributed by atoms with van der Waals surface area (Å²) in [7, 11) is 0. The molecule has 2 atom stereocenters. The molecule has 18 heavy (non-hydrogen) atoms. The second-order valence-corrected chi connectivity index (χ2v) is 5.73. The van der Waals surface area contributed by atoms with E-state index < -0.39 is 0 Å². The highest BCUT2D eigenvalue weighted by molar-refractivity contribution is 9.10. The third-order valence-corrected chi connectivity index (χ3v) is 3.81. The van der Waals surface area contributed by atoms with E-state index in [2.05, 4.69) is 41.2 Å². The van der Waals surface area contributed by atoms with Crippen molar-refractivity contribution >= 4 is 21.6 Å². The highest BCUT2D eigenvalue weighted by atomic mass is 79.9. The Bertz CT molecular complexity index is 459. The molecule has 96 valence electrons. The van der Waals surface area contributed by atoms with Gasteiger partial charge in [-0.25, -0.2) is 0 Å². The smallest absolute Gasteiger partial charge is 0.0992 e. The molecule has 0 amide bonds. The first kappa shape index (κ1) is 13.4. The molecule has 0 bridgehead atoms. The van der Waals surface area contributed by atoms with Crippen molar-refractivity contribution in [3.63, 3.8) is 0 Å². The molecule has 1 aromatic rings. The molecule has 0 saturated carbocycles. The van der Waals surface area contributed by atoms with E-state index >= 15 is 0 Å². The molecule has 0 spiro atoms. The van der Waals surface area contributed by atoms with Crippen LogP contribution in [0.5, 0.6) is 0 Å². The summed E-state index contributed by atoms with van der Waals surface area (Å²) in [4.78, 5) is 0. The van der Waals surface area contributed by atoms with E-state index in [9.17, 15) is 0 Å². The quantitative estimate of drug-likeness (QED) is 0.906. The predicted octanol–water partition coefficient (Wildman–Crippen LogP) is 3.69. The molecule has 0 aliphatic carbocycles. The monoisotopic (exact) mass is 308 g/mol. The second-order valence-electron chi connectivity index (χ2n) is 4.88. The van der Waals surface area contributed by atoms with E-state index in [0.717, 1.165) is 23.0 Å². The van der Waals surface area contributed by atoms with E-state index in [1.807, 2.05) is 18.2 Å². The summed E-state index contributed by atoms with van der Waals surface area (Å²) in [5, 5.41) is 12.4. The fourth-order valence-corrected chi connectivity index (χ4v) is 2.94. The first-order valence-electron chi connectivity index (χ1n) is 6.20. The van der Waals surface area contributed by atoms with E-state index in [1.165, 1.54) is 0 Å². The molecule has 1 N–H and O–H groups in total. The first-order chi connectivity index (χ1) is 8.58. The summed E-state index contributed by atoms with van der Waals surface area (Å²) in [6.07, 6.45) is 2.61. The minimum atomic E-state index is 0.295. The number of anilines is 1. The zero-order valence-electron chi connectivity index (χ0n) is 10.6. The molecular formula is C14H17BrN2O. The molecule has 4 heteroatoms. The summed E-state index contributed by atoms with van der Waals surface area (Å²) in [6, 6.07) is 8.19. The van der Waals surface area contributed by atoms with E-state index in [0.29, 0.717) is 23.8 Å². The molecule has 0 radical (unpaired) electrons. The number of benzene rings is 1. The Morgan fingerprint density at radius 3 is 2.56 bits per heavy atom. The maximum atomic E-state index is 8.84. The Morgan fingerprint density at radius 2 is 2.00 bits per heavy atom. The number of rotatable bonds is 2. The normalized spacial score (nSPS) is 27.6. The highest BCUT2D eigenvalue weighted by Gasteiger charge is 2.24. The van der Waals surface area contributed by atoms with Gasteiger partial charge in [-0.3, -0.25) is 0 Å². The minimum absolute atomic E-state index is 0.295. The van der Waals surface area contributed by atoms with Gasteiger partial charge in [0.25, 0.3) is 0 Å². The number of hydrogen-bond acceptors (Lipinski definition) is 3. The molecule has 1 fully saturated rings. The van der Waals surface area contributed by atoms with Crippen LogP contribution in [0, 0.1) is 11.3 Å². The molecule has 2 unspecified atom stereocenters. The van der Waals surface area contributed by atoms with Crippen LogP contribution in [-0.4, -0.2) is 18.2 Å². The van der Waals surface area contributed by atoms with Gasteiger partial charge in [-0.15, -0.1) is 0 Å². The molecule has 3 nitrogen and oxygen atoms in total. The Balaban J connectivity index is 2.07. The number of hydrogen-bond donors (Lipinski definition) is 1. The lowest BCUT2D eigenvalue weighted by Crippen LogP contribution is -2.36. The summed E-state index contributed by atoms with van der Waals surface area (Å²) >= 11 is 3.50. The van der Waals surface area contributed by atoms with E-state index in [-0.39, 0.29) is 0 Å². The number of nitrogens with zero attached hydrogens (tertiary/aromatic N) is 1. The number of nitriles is 1. The van der Waals surface area contributed by atoms with Gasteiger partial charge in [-0.2, -0.15) is 5.26 Å². The summed E-state index contributed by atoms with van der Waals surface area (Å²) in [5.41, 5.74) is 1.71. The third-order valence-electron chi connectivity index (χ3n) is 3.16. The Labute approximate surface area is 116 Å². The largest absolute Gasteiger partial charge is 0.381 e. The molecule has 1 aliphatic rings. The number of ether oxygens (including phenoxy) is 1. The lowest BCUT2D eigenvalue weighted by Gasteiger charge is -2.33. The fourth-order valence-electron chi connectivity index (χ4n) is 2.44. The summed E-state index contributed by atoms with van der Waals surface area (Å²) < 4.78 is 6.66. The van der Waals surface area contributed by atoms with Crippen LogP contribution >= 0.6 is 15.9 Å². The zero-order chi connectivity index (χ0) is 13.1. The Hall–Kier alpha value is -1.05. The van der Waals surface area contributed by atoms with Crippen molar-refractivity contribution in [1.82, 2.24) is 0 Å². The average Bonchev–Trinajstić information content (AvgIpc) is 2.30. The van der Waals surface area contributed by atoms with Crippen LogP contribution in [0.25, 0.3) is 0 Å². The van der Waals surface area contributed by atoms with Gasteiger partial charge in [0, 0.05) is 16.2 Å². The zero-order valence-corrected chi connectivity index (χ0v) is 12.2. The lowest BCUT2D eigenvalue weighted by molar-refractivity contribution is -0.0337. The summed E-state index contributed by atoms with van der Waals surface area (Å²) in [6.45, 7) is 4.22. The molecule has 2 rings (SSSR count). The SMILES string of the molecule is CC1CC(Nc2ccc(C#N)cc2Br)CC(C)O1. The van der Waals surface area contributed by atoms with E-state index in [1.54, 1.807) is 0 Å². The molecule has 1 aliphatic heterocycles. The van der Waals surface area contributed by atoms with Crippen molar-refractivity contribution in [2.24, 2.45) is 0 Å². The summed E-state index contributed by atoms with van der Waals surface area (Å²) in [5.74, 6) is 0. The van der Waals surface area contributed by atoms with E-state index in [4.69, 9.17) is 10.00 Å². The van der Waals surface area contributed by atoms with Gasteiger partial charge in [0.2, 0.25) is 0 Å². The highest BCUT2D eigenvalue weighted by Crippen LogP contribution is 2.28. The molecule has 1 aromatic carbocycles. The van der Waals surface area contributed by atoms with Crippen LogP contribution < -0.4 is 5.32 Å². The van der Waals surface area contributed by atoms with Gasteiger partial charge in [0.05, 0.1) is 23.8 Å². The lowest BCUT2D eigenvalue weighted by atomic mass is 9.99. The van der Waals surface area contributed by atoms with Crippen LogP contribution in [-0.2, 0) is 4.74 Å². The molecule has 1 heterocycles. The van der Waals surface area contributed by atoms with Crippen molar-refractivity contribution in [2.75, 3.05) is 5.32 Å². The van der Waals surface area contributed by atoms with Crippen LogP contribution in [0.4, 0.5) is 5.69 Å². The van der Waals surface area contributed by atoms with Crippen molar-refractivity contribution in [1.29, 1.82) is 5.26 Å². The van der Waals surface area contributed by atoms with Gasteiger partial charge in [0.15, 0.2) is 0 Å². The number of nitrogens with one attached hydrogen (secondary N) is 1. The minimum Gasteiger partial charge on any atom is -0.381 e. The van der Waals surface area contributed by atoms with Gasteiger partial charge in [-0.1, -0.05) is 0 Å². The van der Waals surface area contributed by atoms with Gasteiger partial charge < -0.3 is 10.1 Å². The maximum Gasteiger partial charge on any atom is 0.0992 e. The molecular weight excluding hydrogens is 292 g/mol. The van der Waals surface area contributed by atoms with Crippen LogP contribution in [0.1, 0.15) is 32.3 Å². The first-order valence-corrected chi connectivity index (χ1v) is 6.99. The van der Waals surface area contributed by atoms with Crippen molar-refractivity contribution in [3.05, 3.63) is 28.2 Å². The van der Waals surface area contributed by atoms with Crippen molar-refractivity contribution in [2.45, 2.75) is 44.9 Å². The van der Waals surface area contributed by atoms with Gasteiger partial charge >= 0.3 is 0 Å².